The Kier molecular flexibility index (Phi) is 4.56. The van der Waals surface area contributed by atoms with Crippen molar-refractivity contribution in [2.45, 2.75) is 4.90 Å². The first-order valence-corrected chi connectivity index (χ1v) is 10.2. The van der Waals surface area contributed by atoms with Crippen LogP contribution in [0.5, 0.6) is 0 Å². The van der Waals surface area contributed by atoms with E-state index in [2.05, 4.69) is 5.32 Å². The average Bonchev–Trinajstić information content (AvgIpc) is 2.68. The Bertz CT molecular complexity index is 1200. The first kappa shape index (κ1) is 18.5. The minimum atomic E-state index is -3.91. The Morgan fingerprint density at radius 3 is 2.43 bits per heavy atom. The Hall–Kier alpha value is -2.90. The Morgan fingerprint density at radius 2 is 1.68 bits per heavy atom. The van der Waals surface area contributed by atoms with Gasteiger partial charge in [-0.3, -0.25) is 9.10 Å². The summed E-state index contributed by atoms with van der Waals surface area (Å²) in [4.78, 5) is 12.7. The highest BCUT2D eigenvalue weighted by Gasteiger charge is 2.35. The second kappa shape index (κ2) is 6.92. The lowest BCUT2D eigenvalue weighted by Gasteiger charge is -2.31. The molecule has 4 rings (SSSR count). The van der Waals surface area contributed by atoms with Gasteiger partial charge in [-0.1, -0.05) is 48.0 Å². The van der Waals surface area contributed by atoms with E-state index >= 15 is 0 Å². The van der Waals surface area contributed by atoms with Crippen LogP contribution in [-0.4, -0.2) is 20.9 Å². The van der Waals surface area contributed by atoms with Gasteiger partial charge in [-0.25, -0.2) is 12.8 Å². The van der Waals surface area contributed by atoms with Gasteiger partial charge in [0.25, 0.3) is 10.0 Å². The van der Waals surface area contributed by atoms with Crippen molar-refractivity contribution < 1.29 is 17.6 Å². The maximum absolute atomic E-state index is 13.3. The zero-order valence-electron chi connectivity index (χ0n) is 14.4. The van der Waals surface area contributed by atoms with Crippen LogP contribution in [0, 0.1) is 5.82 Å². The zero-order chi connectivity index (χ0) is 19.9. The molecule has 142 valence electrons. The average molecular weight is 417 g/mol. The van der Waals surface area contributed by atoms with Crippen molar-refractivity contribution in [1.29, 1.82) is 0 Å². The van der Waals surface area contributed by atoms with Crippen LogP contribution in [0.25, 0.3) is 11.1 Å². The van der Waals surface area contributed by atoms with Crippen molar-refractivity contribution in [3.05, 3.63) is 77.6 Å². The number of nitrogens with zero attached hydrogens (tertiary/aromatic N) is 1. The highest BCUT2D eigenvalue weighted by molar-refractivity contribution is 7.93. The lowest BCUT2D eigenvalue weighted by molar-refractivity contribution is -0.114. The fourth-order valence-electron chi connectivity index (χ4n) is 3.16. The zero-order valence-corrected chi connectivity index (χ0v) is 16.0. The van der Waals surface area contributed by atoms with Gasteiger partial charge in [0.2, 0.25) is 5.91 Å². The molecule has 0 aromatic heterocycles. The summed E-state index contributed by atoms with van der Waals surface area (Å²) in [5, 5.41) is 2.42. The predicted octanol–water partition coefficient (Wildman–Crippen LogP) is 4.29. The number of sulfonamides is 1. The fourth-order valence-corrected chi connectivity index (χ4v) is 4.99. The van der Waals surface area contributed by atoms with Gasteiger partial charge in [-0.05, 0) is 30.3 Å². The highest BCUT2D eigenvalue weighted by Crippen LogP contribution is 2.42. The molecule has 8 heteroatoms. The summed E-state index contributed by atoms with van der Waals surface area (Å²) in [7, 11) is -3.91. The minimum absolute atomic E-state index is 0.136. The molecule has 28 heavy (non-hydrogen) atoms. The van der Waals surface area contributed by atoms with Crippen molar-refractivity contribution in [2.75, 3.05) is 16.2 Å². The molecule has 3 aromatic carbocycles. The van der Waals surface area contributed by atoms with Crippen molar-refractivity contribution in [1.82, 2.24) is 0 Å². The molecule has 1 aliphatic heterocycles. The molecule has 1 heterocycles. The molecule has 3 aromatic rings. The van der Waals surface area contributed by atoms with E-state index in [1.165, 1.54) is 18.2 Å². The lowest BCUT2D eigenvalue weighted by Crippen LogP contribution is -2.40. The largest absolute Gasteiger partial charge is 0.324 e. The second-order valence-corrected chi connectivity index (χ2v) is 8.44. The number of fused-ring (bicyclic) bond motifs is 3. The molecule has 1 N–H and O–H groups in total. The maximum atomic E-state index is 13.3. The van der Waals surface area contributed by atoms with Gasteiger partial charge in [0.1, 0.15) is 12.4 Å². The molecule has 0 saturated heterocycles. The Labute approximate surface area is 166 Å². The fraction of sp³-hybridized carbons (Fsp3) is 0.0500. The molecule has 0 bridgehead atoms. The molecule has 0 spiro atoms. The van der Waals surface area contributed by atoms with E-state index in [-0.39, 0.29) is 15.6 Å². The van der Waals surface area contributed by atoms with Gasteiger partial charge < -0.3 is 5.32 Å². The predicted molar refractivity (Wildman–Crippen MR) is 106 cm³/mol. The number of benzene rings is 3. The van der Waals surface area contributed by atoms with Gasteiger partial charge in [0.15, 0.2) is 0 Å². The van der Waals surface area contributed by atoms with Crippen LogP contribution in [0.1, 0.15) is 0 Å². The van der Waals surface area contributed by atoms with Crippen LogP contribution in [0.3, 0.4) is 0 Å². The van der Waals surface area contributed by atoms with E-state index in [9.17, 15) is 17.6 Å². The molecule has 0 unspecified atom stereocenters. The van der Waals surface area contributed by atoms with Crippen LogP contribution in [0.4, 0.5) is 15.8 Å². The van der Waals surface area contributed by atoms with E-state index < -0.39 is 28.3 Å². The minimum Gasteiger partial charge on any atom is -0.324 e. The Balaban J connectivity index is 1.69. The van der Waals surface area contributed by atoms with Crippen LogP contribution in [0.2, 0.25) is 5.02 Å². The molecule has 0 aliphatic carbocycles. The molecular formula is C20H14ClFN2O3S. The van der Waals surface area contributed by atoms with E-state index in [0.29, 0.717) is 11.3 Å². The summed E-state index contributed by atoms with van der Waals surface area (Å²) in [6.45, 7) is -0.428. The van der Waals surface area contributed by atoms with Crippen molar-refractivity contribution >= 4 is 38.9 Å². The third kappa shape index (κ3) is 3.12. The van der Waals surface area contributed by atoms with E-state index in [0.717, 1.165) is 15.9 Å². The summed E-state index contributed by atoms with van der Waals surface area (Å²) >= 11 is 5.73. The van der Waals surface area contributed by atoms with Crippen molar-refractivity contribution in [3.63, 3.8) is 0 Å². The number of anilines is 2. The van der Waals surface area contributed by atoms with Crippen molar-refractivity contribution in [2.24, 2.45) is 0 Å². The van der Waals surface area contributed by atoms with Gasteiger partial charge in [-0.15, -0.1) is 0 Å². The first-order chi connectivity index (χ1) is 13.4. The summed E-state index contributed by atoms with van der Waals surface area (Å²) in [5.41, 5.74) is 2.03. The summed E-state index contributed by atoms with van der Waals surface area (Å²) in [6, 6.07) is 17.4. The SMILES string of the molecule is O=C(CN1c2ccccc2-c2ccccc2S1(=O)=O)Nc1ccc(F)c(Cl)c1. The normalized spacial score (nSPS) is 14.1. The second-order valence-electron chi connectivity index (χ2n) is 6.20. The van der Waals surface area contributed by atoms with E-state index in [1.807, 2.05) is 12.1 Å². The highest BCUT2D eigenvalue weighted by atomic mass is 35.5. The number of carbonyl (C=O) groups excluding carboxylic acids is 1. The smallest absolute Gasteiger partial charge is 0.265 e. The van der Waals surface area contributed by atoms with Gasteiger partial charge >= 0.3 is 0 Å². The molecular weight excluding hydrogens is 403 g/mol. The maximum Gasteiger partial charge on any atom is 0.265 e. The topological polar surface area (TPSA) is 66.5 Å². The molecule has 1 aliphatic rings. The number of nitrogens with one attached hydrogen (secondary N) is 1. The van der Waals surface area contributed by atoms with Crippen LogP contribution < -0.4 is 9.62 Å². The monoisotopic (exact) mass is 416 g/mol. The number of rotatable bonds is 3. The lowest BCUT2D eigenvalue weighted by atomic mass is 10.0. The third-order valence-corrected chi connectivity index (χ3v) is 6.52. The van der Waals surface area contributed by atoms with E-state index in [4.69, 9.17) is 11.6 Å². The molecule has 5 nitrogen and oxygen atoms in total. The number of amides is 1. The van der Waals surface area contributed by atoms with Crippen LogP contribution in [0.15, 0.2) is 71.6 Å². The molecule has 0 fully saturated rings. The summed E-state index contributed by atoms with van der Waals surface area (Å²) in [6.07, 6.45) is 0. The molecule has 0 saturated carbocycles. The third-order valence-electron chi connectivity index (χ3n) is 4.41. The first-order valence-electron chi connectivity index (χ1n) is 8.34. The number of hydrogen-bond acceptors (Lipinski definition) is 3. The molecule has 0 atom stereocenters. The quantitative estimate of drug-likeness (QED) is 0.692. The summed E-state index contributed by atoms with van der Waals surface area (Å²) in [5.74, 6) is -1.18. The number of hydrogen-bond donors (Lipinski definition) is 1. The summed E-state index contributed by atoms with van der Waals surface area (Å²) < 4.78 is 40.6. The van der Waals surface area contributed by atoms with Gasteiger partial charge in [0, 0.05) is 16.8 Å². The number of para-hydroxylation sites is 1. The molecule has 0 radical (unpaired) electrons. The van der Waals surface area contributed by atoms with Gasteiger partial charge in [-0.2, -0.15) is 0 Å². The van der Waals surface area contributed by atoms with Crippen molar-refractivity contribution in [3.8, 4) is 11.1 Å². The number of carbonyl (C=O) groups is 1. The number of halogens is 2. The standard InChI is InChI=1S/C20H14ClFN2O3S/c21-16-11-13(9-10-17(16)22)23-20(25)12-24-18-7-3-1-5-14(18)15-6-2-4-8-19(15)28(24,26)27/h1-11H,12H2,(H,23,25). The Morgan fingerprint density at radius 1 is 1.00 bits per heavy atom. The van der Waals surface area contributed by atoms with E-state index in [1.54, 1.807) is 30.3 Å². The molecule has 1 amide bonds. The van der Waals surface area contributed by atoms with Gasteiger partial charge in [0.05, 0.1) is 15.6 Å². The van der Waals surface area contributed by atoms with Crippen LogP contribution >= 0.6 is 11.6 Å². The van der Waals surface area contributed by atoms with Crippen LogP contribution in [-0.2, 0) is 14.8 Å².